The summed E-state index contributed by atoms with van der Waals surface area (Å²) in [6, 6.07) is 0. The number of hydrogen-bond donors (Lipinski definition) is 2. The first-order valence-electron chi connectivity index (χ1n) is 4.16. The zero-order valence-electron chi connectivity index (χ0n) is 9.05. The van der Waals surface area contributed by atoms with Crippen LogP contribution < -0.4 is 0 Å². The van der Waals surface area contributed by atoms with Crippen LogP contribution in [0.4, 0.5) is 0 Å². The summed E-state index contributed by atoms with van der Waals surface area (Å²) >= 11 is 0. The standard InChI is InChI=1S/C6H14O9P2/c1-3-4-12-5-13-6-14-17(9,10)15-16(7,8)11-2/h3H,1,4-6H2,2H3,(H,7,8)(H,9,10). The molecule has 11 heteroatoms. The molecule has 0 amide bonds. The maximum Gasteiger partial charge on any atom is 0.483 e. The molecule has 0 radical (unpaired) electrons. The van der Waals surface area contributed by atoms with Crippen molar-refractivity contribution in [3.8, 4) is 0 Å². The van der Waals surface area contributed by atoms with E-state index in [0.717, 1.165) is 7.11 Å². The smallest absolute Gasteiger partial charge is 0.351 e. The Labute approximate surface area is 98.1 Å². The average Bonchev–Trinajstić information content (AvgIpc) is 2.22. The second kappa shape index (κ2) is 8.10. The summed E-state index contributed by atoms with van der Waals surface area (Å²) < 4.78 is 43.2. The molecule has 0 aliphatic rings. The maximum atomic E-state index is 11.0. The second-order valence-corrected chi connectivity index (χ2v) is 5.58. The Morgan fingerprint density at radius 2 is 1.82 bits per heavy atom. The van der Waals surface area contributed by atoms with Gasteiger partial charge in [0.25, 0.3) is 0 Å². The summed E-state index contributed by atoms with van der Waals surface area (Å²) in [6.07, 6.45) is 1.48. The van der Waals surface area contributed by atoms with Gasteiger partial charge >= 0.3 is 15.6 Å². The van der Waals surface area contributed by atoms with Gasteiger partial charge in [0.2, 0.25) is 0 Å². The first-order valence-corrected chi connectivity index (χ1v) is 7.15. The Bertz CT molecular complexity index is 317. The van der Waals surface area contributed by atoms with Gasteiger partial charge in [-0.3, -0.25) is 9.05 Å². The zero-order valence-corrected chi connectivity index (χ0v) is 10.8. The summed E-state index contributed by atoms with van der Waals surface area (Å²) in [5, 5.41) is 0. The van der Waals surface area contributed by atoms with Crippen LogP contribution in [-0.2, 0) is 32.0 Å². The highest BCUT2D eigenvalue weighted by Gasteiger charge is 2.34. The predicted octanol–water partition coefficient (Wildman–Crippen LogP) is 1.00. The van der Waals surface area contributed by atoms with Crippen LogP contribution >= 0.6 is 15.6 Å². The lowest BCUT2D eigenvalue weighted by molar-refractivity contribution is -0.0979. The summed E-state index contributed by atoms with van der Waals surface area (Å²) in [4.78, 5) is 17.7. The van der Waals surface area contributed by atoms with Crippen molar-refractivity contribution < 1.29 is 41.7 Å². The van der Waals surface area contributed by atoms with Gasteiger partial charge in [-0.05, 0) is 0 Å². The molecule has 0 spiro atoms. The Kier molecular flexibility index (Phi) is 8.06. The molecule has 2 unspecified atom stereocenters. The first kappa shape index (κ1) is 16.9. The van der Waals surface area contributed by atoms with Gasteiger partial charge < -0.3 is 19.3 Å². The molecular weight excluding hydrogens is 278 g/mol. The lowest BCUT2D eigenvalue weighted by Gasteiger charge is -2.14. The minimum atomic E-state index is -4.72. The van der Waals surface area contributed by atoms with E-state index in [4.69, 9.17) is 14.5 Å². The van der Waals surface area contributed by atoms with Crippen LogP contribution in [0, 0.1) is 0 Å². The summed E-state index contributed by atoms with van der Waals surface area (Å²) in [5.41, 5.74) is 0. The van der Waals surface area contributed by atoms with E-state index in [-0.39, 0.29) is 13.4 Å². The fourth-order valence-electron chi connectivity index (χ4n) is 0.516. The average molecular weight is 292 g/mol. The number of phosphoric ester groups is 2. The van der Waals surface area contributed by atoms with Crippen molar-refractivity contribution in [3.63, 3.8) is 0 Å². The normalized spacial score (nSPS) is 18.3. The van der Waals surface area contributed by atoms with E-state index in [1.165, 1.54) is 6.08 Å². The molecule has 2 atom stereocenters. The summed E-state index contributed by atoms with van der Waals surface area (Å²) in [6.45, 7) is 2.76. The molecule has 0 bridgehead atoms. The number of rotatable bonds is 10. The lowest BCUT2D eigenvalue weighted by atomic mass is 10.7. The molecule has 9 nitrogen and oxygen atoms in total. The molecule has 0 fully saturated rings. The summed E-state index contributed by atoms with van der Waals surface area (Å²) in [7, 11) is -8.49. The molecule has 0 heterocycles. The molecule has 0 aromatic heterocycles. The van der Waals surface area contributed by atoms with Crippen molar-refractivity contribution >= 4 is 15.6 Å². The predicted molar refractivity (Wildman–Crippen MR) is 55.8 cm³/mol. The monoisotopic (exact) mass is 292 g/mol. The third-order valence-electron chi connectivity index (χ3n) is 1.14. The number of hydrogen-bond acceptors (Lipinski definition) is 7. The highest BCUT2D eigenvalue weighted by molar-refractivity contribution is 7.61. The Balaban J connectivity index is 3.83. The van der Waals surface area contributed by atoms with Crippen LogP contribution in [0.5, 0.6) is 0 Å². The van der Waals surface area contributed by atoms with Crippen LogP contribution in [-0.4, -0.2) is 37.1 Å². The van der Waals surface area contributed by atoms with Crippen molar-refractivity contribution in [3.05, 3.63) is 12.7 Å². The van der Waals surface area contributed by atoms with Crippen molar-refractivity contribution in [1.29, 1.82) is 0 Å². The largest absolute Gasteiger partial charge is 0.483 e. The van der Waals surface area contributed by atoms with E-state index in [0.29, 0.717) is 0 Å². The highest BCUT2D eigenvalue weighted by Crippen LogP contribution is 2.59. The van der Waals surface area contributed by atoms with Gasteiger partial charge in [-0.25, -0.2) is 9.13 Å². The SMILES string of the molecule is C=CCOCOCOP(=O)(O)OP(=O)(O)OC. The molecule has 0 aromatic carbocycles. The van der Waals surface area contributed by atoms with E-state index in [1.807, 2.05) is 0 Å². The van der Waals surface area contributed by atoms with Crippen LogP contribution in [0.15, 0.2) is 12.7 Å². The lowest BCUT2D eigenvalue weighted by Crippen LogP contribution is -2.04. The molecule has 0 saturated heterocycles. The fourth-order valence-corrected chi connectivity index (χ4v) is 2.22. The van der Waals surface area contributed by atoms with Gasteiger partial charge in [0.05, 0.1) is 6.61 Å². The van der Waals surface area contributed by atoms with Crippen LogP contribution in [0.1, 0.15) is 0 Å². The molecule has 17 heavy (non-hydrogen) atoms. The van der Waals surface area contributed by atoms with Crippen LogP contribution in [0.3, 0.4) is 0 Å². The van der Waals surface area contributed by atoms with Crippen molar-refractivity contribution in [2.24, 2.45) is 0 Å². The van der Waals surface area contributed by atoms with Gasteiger partial charge in [0, 0.05) is 7.11 Å². The minimum absolute atomic E-state index is 0.201. The van der Waals surface area contributed by atoms with E-state index < -0.39 is 22.4 Å². The van der Waals surface area contributed by atoms with E-state index in [9.17, 15) is 9.13 Å². The van der Waals surface area contributed by atoms with Gasteiger partial charge in [0.15, 0.2) is 6.79 Å². The molecule has 102 valence electrons. The molecule has 0 aliphatic carbocycles. The fraction of sp³-hybridized carbons (Fsp3) is 0.667. The second-order valence-electron chi connectivity index (χ2n) is 2.43. The Morgan fingerprint density at radius 1 is 1.18 bits per heavy atom. The van der Waals surface area contributed by atoms with Crippen molar-refractivity contribution in [2.45, 2.75) is 0 Å². The molecule has 0 saturated carbocycles. The third-order valence-corrected chi connectivity index (χ3v) is 3.68. The zero-order chi connectivity index (χ0) is 13.4. The minimum Gasteiger partial charge on any atom is -0.351 e. The van der Waals surface area contributed by atoms with Gasteiger partial charge in [-0.2, -0.15) is 4.31 Å². The maximum absolute atomic E-state index is 11.0. The molecule has 0 aliphatic heterocycles. The molecular formula is C6H14O9P2. The molecule has 2 N–H and O–H groups in total. The Morgan fingerprint density at radius 3 is 2.35 bits per heavy atom. The van der Waals surface area contributed by atoms with Gasteiger partial charge in [-0.1, -0.05) is 6.08 Å². The quantitative estimate of drug-likeness (QED) is 0.263. The van der Waals surface area contributed by atoms with E-state index in [1.54, 1.807) is 0 Å². The number of ether oxygens (including phenoxy) is 2. The van der Waals surface area contributed by atoms with Crippen LogP contribution in [0.2, 0.25) is 0 Å². The Hall–Kier alpha value is -0.0800. The number of phosphoric acid groups is 2. The topological polar surface area (TPSA) is 121 Å². The summed E-state index contributed by atoms with van der Waals surface area (Å²) in [5.74, 6) is 0. The van der Waals surface area contributed by atoms with E-state index in [2.05, 4.69) is 24.7 Å². The van der Waals surface area contributed by atoms with Gasteiger partial charge in [0.1, 0.15) is 6.79 Å². The van der Waals surface area contributed by atoms with Crippen molar-refractivity contribution in [1.82, 2.24) is 0 Å². The third kappa shape index (κ3) is 9.61. The van der Waals surface area contributed by atoms with Crippen molar-refractivity contribution in [2.75, 3.05) is 27.3 Å². The molecule has 0 rings (SSSR count). The van der Waals surface area contributed by atoms with Gasteiger partial charge in [-0.15, -0.1) is 6.58 Å². The van der Waals surface area contributed by atoms with Crippen LogP contribution in [0.25, 0.3) is 0 Å². The van der Waals surface area contributed by atoms with E-state index >= 15 is 0 Å². The molecule has 0 aromatic rings. The first-order chi connectivity index (χ1) is 7.83. The highest BCUT2D eigenvalue weighted by atomic mass is 31.3.